The average Bonchev–Trinajstić information content (AvgIpc) is 2.69. The van der Waals surface area contributed by atoms with Crippen LogP contribution in [0.15, 0.2) is 18.2 Å². The topological polar surface area (TPSA) is 87.0 Å². The highest BCUT2D eigenvalue weighted by atomic mass is 31.2. The second-order valence-corrected chi connectivity index (χ2v) is 11.3. The number of hydrogen-bond donors (Lipinski definition) is 3. The molecule has 6 nitrogen and oxygen atoms in total. The van der Waals surface area contributed by atoms with Crippen molar-refractivity contribution < 1.29 is 28.7 Å². The van der Waals surface area contributed by atoms with Gasteiger partial charge in [0.15, 0.2) is 11.5 Å². The smallest absolute Gasteiger partial charge is 0.328 e. The molecule has 0 saturated carbocycles. The van der Waals surface area contributed by atoms with E-state index in [-0.39, 0.29) is 17.7 Å². The molecule has 0 heterocycles. The van der Waals surface area contributed by atoms with Crippen LogP contribution in [0.1, 0.15) is 76.7 Å². The summed E-state index contributed by atoms with van der Waals surface area (Å²) in [5, 5.41) is 18.8. The monoisotopic (exact) mass is 458 g/mol. The van der Waals surface area contributed by atoms with Gasteiger partial charge >= 0.3 is 7.60 Å². The Hall–Kier alpha value is -1.07. The lowest BCUT2D eigenvalue weighted by molar-refractivity contribution is -0.890. The van der Waals surface area contributed by atoms with Crippen LogP contribution in [0, 0.1) is 0 Å². The van der Waals surface area contributed by atoms with Gasteiger partial charge in [0, 0.05) is 0 Å². The molecule has 0 radical (unpaired) electrons. The maximum Gasteiger partial charge on any atom is 0.328 e. The van der Waals surface area contributed by atoms with E-state index in [1.165, 1.54) is 63.5 Å². The minimum atomic E-state index is -3.57. The first-order valence-corrected chi connectivity index (χ1v) is 13.7. The molecule has 0 amide bonds. The zero-order valence-electron chi connectivity index (χ0n) is 19.9. The van der Waals surface area contributed by atoms with E-state index in [1.54, 1.807) is 6.07 Å². The minimum absolute atomic E-state index is 0.138. The number of quaternary nitrogens is 1. The Morgan fingerprint density at radius 1 is 0.871 bits per heavy atom. The molecule has 0 spiro atoms. The summed E-state index contributed by atoms with van der Waals surface area (Å²) in [6, 6.07) is 4.73. The van der Waals surface area contributed by atoms with Gasteiger partial charge in [0.05, 0.1) is 26.8 Å². The Morgan fingerprint density at radius 3 is 2.16 bits per heavy atom. The average molecular weight is 459 g/mol. The van der Waals surface area contributed by atoms with Crippen molar-refractivity contribution in [2.75, 3.05) is 40.0 Å². The fourth-order valence-electron chi connectivity index (χ4n) is 3.65. The maximum absolute atomic E-state index is 12.3. The van der Waals surface area contributed by atoms with E-state index >= 15 is 0 Å². The third-order valence-corrected chi connectivity index (χ3v) is 7.27. The molecule has 1 aromatic carbocycles. The number of phenolic OH excluding ortho intramolecular Hbond substituents is 2. The van der Waals surface area contributed by atoms with Crippen molar-refractivity contribution in [3.05, 3.63) is 23.8 Å². The predicted octanol–water partition coefficient (Wildman–Crippen LogP) is 5.84. The van der Waals surface area contributed by atoms with Crippen molar-refractivity contribution in [1.82, 2.24) is 0 Å². The van der Waals surface area contributed by atoms with Gasteiger partial charge in [-0.3, -0.25) is 4.57 Å². The third kappa shape index (κ3) is 13.8. The third-order valence-electron chi connectivity index (χ3n) is 5.80. The Labute approximate surface area is 189 Å². The van der Waals surface area contributed by atoms with Gasteiger partial charge in [-0.25, -0.2) is 0 Å². The second kappa shape index (κ2) is 14.9. The Morgan fingerprint density at radius 2 is 1.52 bits per heavy atom. The number of phenols is 2. The van der Waals surface area contributed by atoms with Gasteiger partial charge in [0.25, 0.3) is 0 Å². The van der Waals surface area contributed by atoms with Gasteiger partial charge in [0.2, 0.25) is 0 Å². The highest BCUT2D eigenvalue weighted by molar-refractivity contribution is 7.52. The molecular formula is C24H45NO5P+. The van der Waals surface area contributed by atoms with Crippen molar-refractivity contribution in [2.45, 2.75) is 77.6 Å². The molecule has 7 heteroatoms. The fourth-order valence-corrected chi connectivity index (χ4v) is 4.77. The van der Waals surface area contributed by atoms with Crippen LogP contribution in [0.2, 0.25) is 0 Å². The van der Waals surface area contributed by atoms with Crippen molar-refractivity contribution in [3.8, 4) is 11.5 Å². The van der Waals surface area contributed by atoms with E-state index in [9.17, 15) is 19.7 Å². The van der Waals surface area contributed by atoms with Crippen LogP contribution in [-0.2, 0) is 15.5 Å². The van der Waals surface area contributed by atoms with Crippen LogP contribution in [0.25, 0.3) is 0 Å². The Balaban J connectivity index is 2.13. The van der Waals surface area contributed by atoms with Gasteiger partial charge in [-0.05, 0) is 49.8 Å². The molecule has 1 aromatic rings. The van der Waals surface area contributed by atoms with Crippen LogP contribution in [-0.4, -0.2) is 59.5 Å². The lowest BCUT2D eigenvalue weighted by Crippen LogP contribution is -2.42. The van der Waals surface area contributed by atoms with E-state index in [2.05, 4.69) is 21.0 Å². The molecule has 0 aliphatic heterocycles. The quantitative estimate of drug-likeness (QED) is 0.111. The van der Waals surface area contributed by atoms with Crippen molar-refractivity contribution in [1.29, 1.82) is 0 Å². The van der Waals surface area contributed by atoms with Crippen molar-refractivity contribution in [3.63, 3.8) is 0 Å². The summed E-state index contributed by atoms with van der Waals surface area (Å²) in [6.45, 7) is 4.33. The summed E-state index contributed by atoms with van der Waals surface area (Å²) >= 11 is 0. The van der Waals surface area contributed by atoms with Gasteiger partial charge in [0.1, 0.15) is 13.2 Å². The highest BCUT2D eigenvalue weighted by Crippen LogP contribution is 2.42. The number of likely N-dealkylation sites (N-methyl/N-ethyl adjacent to an activating group) is 1. The Kier molecular flexibility index (Phi) is 13.4. The highest BCUT2D eigenvalue weighted by Gasteiger charge is 2.21. The van der Waals surface area contributed by atoms with Crippen molar-refractivity contribution in [2.24, 2.45) is 0 Å². The molecule has 0 fully saturated rings. The van der Waals surface area contributed by atoms with E-state index in [4.69, 9.17) is 4.52 Å². The molecule has 0 aliphatic carbocycles. The number of aromatic hydroxyl groups is 2. The summed E-state index contributed by atoms with van der Waals surface area (Å²) in [5.74, 6) is -0.276. The van der Waals surface area contributed by atoms with E-state index in [1.807, 2.05) is 0 Å². The first-order chi connectivity index (χ1) is 14.7. The summed E-state index contributed by atoms with van der Waals surface area (Å²) in [4.78, 5) is 10.1. The number of rotatable bonds is 18. The lowest BCUT2D eigenvalue weighted by atomic mass is 10.1. The fraction of sp³-hybridized carbons (Fsp3) is 0.750. The van der Waals surface area contributed by atoms with Gasteiger partial charge in [-0.2, -0.15) is 0 Å². The van der Waals surface area contributed by atoms with Crippen LogP contribution in [0.5, 0.6) is 11.5 Å². The van der Waals surface area contributed by atoms with Crippen LogP contribution >= 0.6 is 7.60 Å². The molecule has 0 aliphatic rings. The molecule has 0 saturated heterocycles. The number of nitrogens with zero attached hydrogens (tertiary/aromatic N) is 1. The second-order valence-electron chi connectivity index (χ2n) is 9.33. The van der Waals surface area contributed by atoms with Gasteiger partial charge < -0.3 is 24.1 Å². The first-order valence-electron chi connectivity index (χ1n) is 11.9. The molecular weight excluding hydrogens is 413 g/mol. The van der Waals surface area contributed by atoms with E-state index in [0.29, 0.717) is 19.4 Å². The minimum Gasteiger partial charge on any atom is -0.504 e. The molecule has 1 atom stereocenters. The van der Waals surface area contributed by atoms with E-state index < -0.39 is 7.60 Å². The summed E-state index contributed by atoms with van der Waals surface area (Å²) in [7, 11) is 0.739. The molecule has 0 bridgehead atoms. The van der Waals surface area contributed by atoms with E-state index in [0.717, 1.165) is 29.6 Å². The number of benzene rings is 1. The molecule has 180 valence electrons. The SMILES string of the molecule is CCCCCCCCCC[N+](C)(C)CCOP(=O)(O)CCCCc1ccc(O)c(O)c1. The Bertz CT molecular complexity index is 665. The standard InChI is InChI=1S/C24H44NO5P/c1-4-5-6-7-8-9-10-12-17-25(2,3)18-19-30-31(28,29)20-13-11-14-22-15-16-23(26)24(27)21-22/h15-16,21H,4-14,17-20H2,1-3H3,(H2-,26,27,28,29)/p+1. The molecule has 1 rings (SSSR count). The van der Waals surface area contributed by atoms with Gasteiger partial charge in [-0.1, -0.05) is 51.5 Å². The number of unbranched alkanes of at least 4 members (excludes halogenated alkanes) is 8. The van der Waals surface area contributed by atoms with Crippen LogP contribution < -0.4 is 0 Å². The summed E-state index contributed by atoms with van der Waals surface area (Å²) in [5.41, 5.74) is 0.893. The summed E-state index contributed by atoms with van der Waals surface area (Å²) in [6.07, 6.45) is 12.5. The zero-order valence-corrected chi connectivity index (χ0v) is 20.8. The normalized spacial score (nSPS) is 13.9. The largest absolute Gasteiger partial charge is 0.504 e. The molecule has 3 N–H and O–H groups in total. The molecule has 0 aromatic heterocycles. The predicted molar refractivity (Wildman–Crippen MR) is 128 cm³/mol. The van der Waals surface area contributed by atoms with Crippen LogP contribution in [0.4, 0.5) is 0 Å². The molecule has 1 unspecified atom stereocenters. The van der Waals surface area contributed by atoms with Crippen molar-refractivity contribution >= 4 is 7.60 Å². The number of hydrogen-bond acceptors (Lipinski definition) is 4. The first kappa shape index (κ1) is 28.0. The summed E-state index contributed by atoms with van der Waals surface area (Å²) < 4.78 is 18.4. The zero-order chi connectivity index (χ0) is 23.2. The maximum atomic E-state index is 12.3. The van der Waals surface area contributed by atoms with Gasteiger partial charge in [-0.15, -0.1) is 0 Å². The number of aryl methyl sites for hydroxylation is 1. The van der Waals surface area contributed by atoms with Crippen LogP contribution in [0.3, 0.4) is 0 Å². The molecule has 31 heavy (non-hydrogen) atoms. The lowest BCUT2D eigenvalue weighted by Gasteiger charge is -2.30.